The van der Waals surface area contributed by atoms with Gasteiger partial charge in [-0.05, 0) is 223 Å². The molecule has 128 heavy (non-hydrogen) atoms. The number of hydrogen-bond donors (Lipinski definition) is 0. The van der Waals surface area contributed by atoms with Crippen molar-refractivity contribution in [1.29, 1.82) is 0 Å². The highest BCUT2D eigenvalue weighted by Gasteiger charge is 2.42. The quantitative estimate of drug-likeness (QED) is 0.0227. The number of unbranched alkanes of at least 4 members (excludes halogenated alkanes) is 28. The van der Waals surface area contributed by atoms with Crippen molar-refractivity contribution in [1.82, 2.24) is 0 Å². The summed E-state index contributed by atoms with van der Waals surface area (Å²) in [5.41, 5.74) is -5.14. The number of esters is 8. The maximum absolute atomic E-state index is 15.4. The highest BCUT2D eigenvalue weighted by Crippen LogP contribution is 2.56. The summed E-state index contributed by atoms with van der Waals surface area (Å²) in [7, 11) is 0. The first-order valence-corrected chi connectivity index (χ1v) is 50.3. The second kappa shape index (κ2) is 51.1. The number of fused-ring (bicyclic) bond motifs is 8. The standard InChI is InChI=1S/C110H170O17S/c1-29-32-35-38-41-46-51-56-61-75-79-66-81(89(122-97(114)105(11,12)13)70-87(79)120-95(112)103(5,6)7)76(62-57-52-47-42-39-36-33-30-2)83-68-85(93(126-101(118)109(23,24)25)72-91(83)124-99(116)107(17,18)19)78(64-59-54-49-44-45-50-55-60-65-128-74(4)111)86-69-84(92(125-100(117)108(20,21)22)73-94(86)127-102(119)110(26,27)28)77(63-58-53-48-43-40-37-34-31-3)82-67-80(75)88(121-96(113)104(8,9)10)71-90(82)123-98(115)106(14,15)16/h66-73,75-78H,29-65H2,1-28H3. The largest absolute Gasteiger partial charge is 0.426 e. The van der Waals surface area contributed by atoms with Gasteiger partial charge < -0.3 is 37.9 Å². The van der Waals surface area contributed by atoms with Gasteiger partial charge in [-0.2, -0.15) is 0 Å². The first kappa shape index (κ1) is 111. The molecule has 2 atom stereocenters. The Morgan fingerprint density at radius 1 is 0.211 bits per heavy atom. The Morgan fingerprint density at radius 3 is 0.477 bits per heavy atom. The highest BCUT2D eigenvalue weighted by molar-refractivity contribution is 8.13. The van der Waals surface area contributed by atoms with Crippen LogP contribution in [-0.4, -0.2) is 58.6 Å². The van der Waals surface area contributed by atoms with E-state index in [1.165, 1.54) is 11.8 Å². The van der Waals surface area contributed by atoms with E-state index in [1.54, 1.807) is 197 Å². The number of ether oxygens (including phenoxy) is 8. The van der Waals surface area contributed by atoms with Gasteiger partial charge in [-0.25, -0.2) is 0 Å². The van der Waals surface area contributed by atoms with Crippen LogP contribution >= 0.6 is 11.8 Å². The predicted octanol–water partition coefficient (Wildman–Crippen LogP) is 30.5. The molecule has 0 amide bonds. The zero-order valence-corrected chi connectivity index (χ0v) is 85.8. The van der Waals surface area contributed by atoms with Gasteiger partial charge >= 0.3 is 47.8 Å². The molecule has 4 aromatic carbocycles. The van der Waals surface area contributed by atoms with Gasteiger partial charge in [0.05, 0.1) is 43.3 Å². The van der Waals surface area contributed by atoms with Crippen LogP contribution in [0.5, 0.6) is 46.0 Å². The van der Waals surface area contributed by atoms with Gasteiger partial charge in [-0.15, -0.1) is 0 Å². The minimum Gasteiger partial charge on any atom is -0.426 e. The molecule has 0 aliphatic heterocycles. The molecule has 0 heterocycles. The van der Waals surface area contributed by atoms with Crippen LogP contribution in [0.4, 0.5) is 0 Å². The summed E-state index contributed by atoms with van der Waals surface area (Å²) >= 11 is 1.36. The first-order chi connectivity index (χ1) is 59.6. The summed E-state index contributed by atoms with van der Waals surface area (Å²) < 4.78 is 55.9. The summed E-state index contributed by atoms with van der Waals surface area (Å²) in [6, 6.07) is 14.6. The molecule has 718 valence electrons. The molecule has 1 aliphatic rings. The van der Waals surface area contributed by atoms with Gasteiger partial charge in [0.25, 0.3) is 0 Å². The lowest BCUT2D eigenvalue weighted by Crippen LogP contribution is -2.29. The van der Waals surface area contributed by atoms with Crippen molar-refractivity contribution < 1.29 is 81.0 Å². The number of carbonyl (C=O) groups excluding carboxylic acids is 9. The summed E-state index contributed by atoms with van der Waals surface area (Å²) in [4.78, 5) is 135. The minimum atomic E-state index is -1.12. The Hall–Kier alpha value is -7.34. The maximum Gasteiger partial charge on any atom is 0.316 e. The number of rotatable bonds is 46. The van der Waals surface area contributed by atoms with E-state index >= 15 is 38.4 Å². The van der Waals surface area contributed by atoms with Crippen molar-refractivity contribution in [3.8, 4) is 46.0 Å². The molecule has 0 N–H and O–H groups in total. The Bertz CT molecular complexity index is 3580. The van der Waals surface area contributed by atoms with E-state index in [0.29, 0.717) is 95.9 Å². The lowest BCUT2D eigenvalue weighted by molar-refractivity contribution is -0.144. The van der Waals surface area contributed by atoms with E-state index in [4.69, 9.17) is 37.9 Å². The second-order valence-electron chi connectivity index (χ2n) is 44.8. The molecule has 4 aromatic rings. The Kier molecular flexibility index (Phi) is 44.3. The molecule has 0 saturated heterocycles. The van der Waals surface area contributed by atoms with Crippen LogP contribution in [0.15, 0.2) is 48.5 Å². The molecule has 8 bridgehead atoms. The molecule has 0 radical (unpaired) electrons. The van der Waals surface area contributed by atoms with Gasteiger partial charge in [0.15, 0.2) is 5.12 Å². The lowest BCUT2D eigenvalue weighted by Gasteiger charge is -2.33. The van der Waals surface area contributed by atoms with Crippen LogP contribution in [-0.2, 0) is 43.2 Å². The van der Waals surface area contributed by atoms with E-state index in [0.717, 1.165) is 186 Å². The van der Waals surface area contributed by atoms with Crippen molar-refractivity contribution >= 4 is 64.6 Å². The summed E-state index contributed by atoms with van der Waals surface area (Å²) in [6.45, 7) is 50.9. The first-order valence-electron chi connectivity index (χ1n) is 49.3. The monoisotopic (exact) mass is 1800 g/mol. The number of benzene rings is 4. The van der Waals surface area contributed by atoms with E-state index in [2.05, 4.69) is 20.8 Å². The van der Waals surface area contributed by atoms with E-state index in [-0.39, 0.29) is 51.1 Å². The average Bonchev–Trinajstić information content (AvgIpc) is 0.748. The van der Waals surface area contributed by atoms with Crippen molar-refractivity contribution in [3.05, 3.63) is 93.0 Å². The number of hydrogen-bond acceptors (Lipinski definition) is 18. The predicted molar refractivity (Wildman–Crippen MR) is 520 cm³/mol. The molecule has 5 rings (SSSR count). The fourth-order valence-electron chi connectivity index (χ4n) is 15.4. The molecule has 0 spiro atoms. The Morgan fingerprint density at radius 2 is 0.344 bits per heavy atom. The summed E-state index contributed by atoms with van der Waals surface area (Å²) in [5.74, 6) is -7.00. The summed E-state index contributed by atoms with van der Waals surface area (Å²) in [6.07, 6.45) is 31.3. The third kappa shape index (κ3) is 36.3. The molecular formula is C110H170O17S. The maximum atomic E-state index is 15.4. The number of thioether (sulfide) groups is 1. The average molecular weight is 1800 g/mol. The molecular weight excluding hydrogens is 1630 g/mol. The van der Waals surface area contributed by atoms with Crippen LogP contribution < -0.4 is 37.9 Å². The van der Waals surface area contributed by atoms with Crippen LogP contribution in [0.25, 0.3) is 0 Å². The molecule has 17 nitrogen and oxygen atoms in total. The third-order valence-corrected chi connectivity index (χ3v) is 24.7. The second-order valence-corrected chi connectivity index (χ2v) is 46.1. The number of carbonyl (C=O) groups is 9. The molecule has 0 fully saturated rings. The molecule has 0 aromatic heterocycles. The topological polar surface area (TPSA) is 227 Å². The van der Waals surface area contributed by atoms with Crippen LogP contribution in [0, 0.1) is 43.3 Å². The van der Waals surface area contributed by atoms with Gasteiger partial charge in [0, 0.05) is 105 Å². The normalized spacial score (nSPS) is 15.2. The van der Waals surface area contributed by atoms with Gasteiger partial charge in [0.1, 0.15) is 46.0 Å². The third-order valence-electron chi connectivity index (χ3n) is 23.8. The zero-order valence-electron chi connectivity index (χ0n) is 84.9. The van der Waals surface area contributed by atoms with Crippen LogP contribution in [0.1, 0.15) is 493 Å². The SMILES string of the molecule is CCCCCCCCCCC1c2cc(c(OC(=O)C(C)(C)C)cc2OC(=O)C(C)(C)C)C(CCCCCCCCCC)c2cc(c(OC(=O)C(C)(C)C)cc2OC(=O)C(C)(C)C)C(CCCCCCCCCCSC(C)=O)c2cc(c(OC(=O)C(C)(C)C)cc2OC(=O)C(C)(C)C)C(CCCCCCCCCC)c2cc1c(OC(=O)C(C)(C)C)cc2OC(=O)C(C)(C)C. The fraction of sp³-hybridized carbons (Fsp3) is 0.700. The molecule has 2 unspecified atom stereocenters. The van der Waals surface area contributed by atoms with E-state index in [9.17, 15) is 4.79 Å². The van der Waals surface area contributed by atoms with Crippen molar-refractivity contribution in [3.63, 3.8) is 0 Å². The summed E-state index contributed by atoms with van der Waals surface area (Å²) in [5, 5.41) is 0.113. The minimum absolute atomic E-state index is 0.0648. The van der Waals surface area contributed by atoms with Crippen LogP contribution in [0.2, 0.25) is 0 Å². The Labute approximate surface area is 777 Å². The van der Waals surface area contributed by atoms with Crippen LogP contribution in [0.3, 0.4) is 0 Å². The Balaban J connectivity index is 2.43. The van der Waals surface area contributed by atoms with Gasteiger partial charge in [0.2, 0.25) is 0 Å². The van der Waals surface area contributed by atoms with E-state index in [1.807, 2.05) is 24.3 Å². The smallest absolute Gasteiger partial charge is 0.316 e. The van der Waals surface area contributed by atoms with E-state index < -0.39 is 115 Å². The molecule has 18 heteroatoms. The lowest BCUT2D eigenvalue weighted by atomic mass is 9.76. The van der Waals surface area contributed by atoms with Crippen molar-refractivity contribution in [2.24, 2.45) is 43.3 Å². The van der Waals surface area contributed by atoms with Gasteiger partial charge in [-0.3, -0.25) is 43.2 Å². The van der Waals surface area contributed by atoms with Crippen molar-refractivity contribution in [2.45, 2.75) is 449 Å². The highest BCUT2D eigenvalue weighted by atomic mass is 32.2. The van der Waals surface area contributed by atoms with Crippen molar-refractivity contribution in [2.75, 3.05) is 5.75 Å². The van der Waals surface area contributed by atoms with Gasteiger partial charge in [-0.1, -0.05) is 232 Å². The zero-order chi connectivity index (χ0) is 95.9. The fourth-order valence-corrected chi connectivity index (χ4v) is 16.0. The molecule has 0 saturated carbocycles. The molecule has 1 aliphatic carbocycles.